The number of ether oxygens (including phenoxy) is 2. The van der Waals surface area contributed by atoms with Gasteiger partial charge in [0, 0.05) is 11.8 Å². The molecule has 2 aromatic rings. The summed E-state index contributed by atoms with van der Waals surface area (Å²) < 4.78 is 10.8. The van der Waals surface area contributed by atoms with Crippen molar-refractivity contribution in [2.24, 2.45) is 0 Å². The molecular formula is C16H19NO3. The molecule has 0 saturated heterocycles. The number of methoxy groups -OCH3 is 1. The van der Waals surface area contributed by atoms with Gasteiger partial charge in [-0.25, -0.2) is 4.98 Å². The lowest BCUT2D eigenvalue weighted by atomic mass is 10.0. The molecule has 0 radical (unpaired) electrons. The molecule has 1 heterocycles. The normalized spacial score (nSPS) is 12.2. The molecule has 1 aromatic carbocycles. The maximum Gasteiger partial charge on any atom is 0.219 e. The number of hydrogen-bond donors (Lipinski definition) is 1. The van der Waals surface area contributed by atoms with Gasteiger partial charge in [-0.2, -0.15) is 0 Å². The van der Waals surface area contributed by atoms with E-state index in [1.807, 2.05) is 38.1 Å². The van der Waals surface area contributed by atoms with E-state index < -0.39 is 6.10 Å². The first-order chi connectivity index (χ1) is 9.61. The average Bonchev–Trinajstić information content (AvgIpc) is 2.46. The largest absolute Gasteiger partial charge is 0.491 e. The Morgan fingerprint density at radius 2 is 1.95 bits per heavy atom. The molecule has 106 valence electrons. The third-order valence-electron chi connectivity index (χ3n) is 2.83. The summed E-state index contributed by atoms with van der Waals surface area (Å²) in [5, 5.41) is 10.5. The highest BCUT2D eigenvalue weighted by Gasteiger charge is 2.16. The minimum absolute atomic E-state index is 0.0929. The van der Waals surface area contributed by atoms with Gasteiger partial charge in [0.15, 0.2) is 0 Å². The van der Waals surface area contributed by atoms with Crippen molar-refractivity contribution in [2.45, 2.75) is 26.1 Å². The fraction of sp³-hybridized carbons (Fsp3) is 0.312. The van der Waals surface area contributed by atoms with Crippen molar-refractivity contribution in [2.75, 3.05) is 7.11 Å². The number of pyridine rings is 1. The molecule has 0 bridgehead atoms. The molecule has 1 atom stereocenters. The summed E-state index contributed by atoms with van der Waals surface area (Å²) in [5.74, 6) is 1.16. The van der Waals surface area contributed by atoms with Gasteiger partial charge in [0.25, 0.3) is 0 Å². The lowest BCUT2D eigenvalue weighted by Gasteiger charge is -2.16. The number of hydrogen-bond acceptors (Lipinski definition) is 4. The summed E-state index contributed by atoms with van der Waals surface area (Å²) in [7, 11) is 1.54. The molecule has 1 aromatic heterocycles. The van der Waals surface area contributed by atoms with Crippen LogP contribution in [-0.2, 0) is 0 Å². The predicted octanol–water partition coefficient (Wildman–Crippen LogP) is 2.96. The zero-order valence-electron chi connectivity index (χ0n) is 11.9. The third kappa shape index (κ3) is 3.27. The van der Waals surface area contributed by atoms with Gasteiger partial charge in [0.05, 0.1) is 13.2 Å². The zero-order valence-corrected chi connectivity index (χ0v) is 11.9. The summed E-state index contributed by atoms with van der Waals surface area (Å²) in [6, 6.07) is 11.0. The van der Waals surface area contributed by atoms with Crippen molar-refractivity contribution in [3.63, 3.8) is 0 Å². The van der Waals surface area contributed by atoms with Crippen molar-refractivity contribution >= 4 is 0 Å². The Bertz CT molecular complexity index is 569. The molecule has 2 rings (SSSR count). The topological polar surface area (TPSA) is 51.6 Å². The highest BCUT2D eigenvalue weighted by atomic mass is 16.5. The van der Waals surface area contributed by atoms with Crippen LogP contribution in [0.5, 0.6) is 11.6 Å². The quantitative estimate of drug-likeness (QED) is 0.910. The Labute approximate surface area is 119 Å². The number of rotatable bonds is 5. The number of aliphatic hydroxyl groups is 1. The van der Waals surface area contributed by atoms with Crippen molar-refractivity contribution in [3.8, 4) is 11.6 Å². The third-order valence-corrected chi connectivity index (χ3v) is 2.83. The van der Waals surface area contributed by atoms with Gasteiger partial charge in [-0.3, -0.25) is 0 Å². The van der Waals surface area contributed by atoms with E-state index in [2.05, 4.69) is 4.98 Å². The van der Waals surface area contributed by atoms with Gasteiger partial charge in [-0.1, -0.05) is 12.1 Å². The highest BCUT2D eigenvalue weighted by molar-refractivity contribution is 5.38. The Morgan fingerprint density at radius 3 is 2.65 bits per heavy atom. The predicted molar refractivity (Wildman–Crippen MR) is 77.1 cm³/mol. The molecule has 1 N–H and O–H groups in total. The fourth-order valence-electron chi connectivity index (χ4n) is 1.99. The van der Waals surface area contributed by atoms with E-state index in [0.717, 1.165) is 11.3 Å². The van der Waals surface area contributed by atoms with Crippen molar-refractivity contribution in [1.29, 1.82) is 0 Å². The summed E-state index contributed by atoms with van der Waals surface area (Å²) in [4.78, 5) is 4.10. The summed E-state index contributed by atoms with van der Waals surface area (Å²) in [6.45, 7) is 3.93. The monoisotopic (exact) mass is 273 g/mol. The second-order valence-corrected chi connectivity index (χ2v) is 4.74. The molecule has 0 aliphatic carbocycles. The fourth-order valence-corrected chi connectivity index (χ4v) is 1.99. The Kier molecular flexibility index (Phi) is 4.58. The summed E-state index contributed by atoms with van der Waals surface area (Å²) in [6.07, 6.45) is 0.928. The first-order valence-corrected chi connectivity index (χ1v) is 6.55. The molecule has 0 amide bonds. The van der Waals surface area contributed by atoms with Gasteiger partial charge < -0.3 is 14.6 Å². The van der Waals surface area contributed by atoms with E-state index in [0.29, 0.717) is 11.4 Å². The second-order valence-electron chi connectivity index (χ2n) is 4.74. The van der Waals surface area contributed by atoms with E-state index in [1.165, 1.54) is 7.11 Å². The Morgan fingerprint density at radius 1 is 1.15 bits per heavy atom. The first kappa shape index (κ1) is 14.3. The number of benzene rings is 1. The van der Waals surface area contributed by atoms with Crippen LogP contribution in [0.4, 0.5) is 0 Å². The van der Waals surface area contributed by atoms with Crippen LogP contribution >= 0.6 is 0 Å². The highest BCUT2D eigenvalue weighted by Crippen LogP contribution is 2.29. The van der Waals surface area contributed by atoms with Gasteiger partial charge in [-0.05, 0) is 43.7 Å². The Balaban J connectivity index is 2.30. The van der Waals surface area contributed by atoms with Crippen LogP contribution in [0.1, 0.15) is 31.1 Å². The molecule has 0 fully saturated rings. The van der Waals surface area contributed by atoms with E-state index in [9.17, 15) is 5.11 Å². The average molecular weight is 273 g/mol. The standard InChI is InChI=1S/C16H19NO3/c1-11(2)20-13-7-4-6-12(10-13)15(18)14-8-5-9-17-16(14)19-3/h4-11,15,18H,1-3H3. The summed E-state index contributed by atoms with van der Waals surface area (Å²) in [5.41, 5.74) is 1.38. The molecular weight excluding hydrogens is 254 g/mol. The van der Waals surface area contributed by atoms with Crippen molar-refractivity contribution in [1.82, 2.24) is 4.98 Å². The van der Waals surface area contributed by atoms with E-state index in [1.54, 1.807) is 18.3 Å². The number of aliphatic hydroxyl groups excluding tert-OH is 1. The molecule has 20 heavy (non-hydrogen) atoms. The maximum absolute atomic E-state index is 10.5. The van der Waals surface area contributed by atoms with Gasteiger partial charge in [0.2, 0.25) is 5.88 Å². The lowest BCUT2D eigenvalue weighted by Crippen LogP contribution is -2.07. The molecule has 4 heteroatoms. The minimum Gasteiger partial charge on any atom is -0.491 e. The van der Waals surface area contributed by atoms with Gasteiger partial charge in [-0.15, -0.1) is 0 Å². The van der Waals surface area contributed by atoms with Gasteiger partial charge >= 0.3 is 0 Å². The summed E-state index contributed by atoms with van der Waals surface area (Å²) >= 11 is 0. The van der Waals surface area contributed by atoms with Crippen molar-refractivity contribution in [3.05, 3.63) is 53.7 Å². The van der Waals surface area contributed by atoms with Crippen LogP contribution in [0.3, 0.4) is 0 Å². The van der Waals surface area contributed by atoms with Crippen LogP contribution < -0.4 is 9.47 Å². The van der Waals surface area contributed by atoms with Crippen LogP contribution in [0, 0.1) is 0 Å². The molecule has 0 aliphatic rings. The van der Waals surface area contributed by atoms with Crippen LogP contribution in [-0.4, -0.2) is 23.3 Å². The van der Waals surface area contributed by atoms with Gasteiger partial charge in [0.1, 0.15) is 11.9 Å². The number of nitrogens with zero attached hydrogens (tertiary/aromatic N) is 1. The molecule has 0 saturated carbocycles. The molecule has 0 spiro atoms. The van der Waals surface area contributed by atoms with Crippen molar-refractivity contribution < 1.29 is 14.6 Å². The molecule has 4 nitrogen and oxygen atoms in total. The van der Waals surface area contributed by atoms with E-state index in [4.69, 9.17) is 9.47 Å². The maximum atomic E-state index is 10.5. The zero-order chi connectivity index (χ0) is 14.5. The molecule has 0 aliphatic heterocycles. The lowest BCUT2D eigenvalue weighted by molar-refractivity contribution is 0.210. The number of aromatic nitrogens is 1. The SMILES string of the molecule is COc1ncccc1C(O)c1cccc(OC(C)C)c1. The van der Waals surface area contributed by atoms with E-state index >= 15 is 0 Å². The van der Waals surface area contributed by atoms with Crippen LogP contribution in [0.25, 0.3) is 0 Å². The smallest absolute Gasteiger partial charge is 0.219 e. The van der Waals surface area contributed by atoms with E-state index in [-0.39, 0.29) is 6.10 Å². The Hall–Kier alpha value is -2.07. The van der Waals surface area contributed by atoms with Crippen LogP contribution in [0.2, 0.25) is 0 Å². The molecule has 1 unspecified atom stereocenters. The second kappa shape index (κ2) is 6.39. The minimum atomic E-state index is -0.797. The van der Waals surface area contributed by atoms with Crippen LogP contribution in [0.15, 0.2) is 42.6 Å². The first-order valence-electron chi connectivity index (χ1n) is 6.55.